The Morgan fingerprint density at radius 3 is 2.00 bits per heavy atom. The van der Waals surface area contributed by atoms with E-state index in [4.69, 9.17) is 9.47 Å². The van der Waals surface area contributed by atoms with Gasteiger partial charge in [0.15, 0.2) is 0 Å². The summed E-state index contributed by atoms with van der Waals surface area (Å²) in [5.41, 5.74) is 1.25. The van der Waals surface area contributed by atoms with E-state index in [1.54, 1.807) is 0 Å². The number of fused-ring (bicyclic) bond motifs is 7. The molecule has 0 radical (unpaired) electrons. The molecule has 10 atom stereocenters. The SMILES string of the molecule is C=C(C)[C@@H]1CC[C@@]2(COC(=O)CCC(=O)[O-])CC[C@]3(C)[C@@H](CC[C@@H]4[C@]5(C)CC[C@H](OC(=O)CCC(=O)[O-])C(C)(C)[C@@H]5CC[C@@]43C)[C@H]12. The lowest BCUT2D eigenvalue weighted by molar-refractivity contribution is -0.307. The van der Waals surface area contributed by atoms with Crippen LogP contribution in [0.25, 0.3) is 0 Å². The highest BCUT2D eigenvalue weighted by molar-refractivity contribution is 5.76. The summed E-state index contributed by atoms with van der Waals surface area (Å²) in [6.07, 6.45) is 9.25. The normalized spacial score (nSPS) is 42.4. The van der Waals surface area contributed by atoms with Crippen molar-refractivity contribution in [3.8, 4) is 0 Å². The molecule has 46 heavy (non-hydrogen) atoms. The summed E-state index contributed by atoms with van der Waals surface area (Å²) < 4.78 is 11.8. The van der Waals surface area contributed by atoms with Gasteiger partial charge in [0, 0.05) is 22.8 Å². The summed E-state index contributed by atoms with van der Waals surface area (Å²) in [6, 6.07) is 0. The highest BCUT2D eigenvalue weighted by Gasteiger charge is 2.71. The van der Waals surface area contributed by atoms with Crippen molar-refractivity contribution in [3.63, 3.8) is 0 Å². The summed E-state index contributed by atoms with van der Waals surface area (Å²) in [4.78, 5) is 47.0. The van der Waals surface area contributed by atoms with Crippen molar-refractivity contribution in [2.75, 3.05) is 6.61 Å². The van der Waals surface area contributed by atoms with E-state index in [1.165, 1.54) is 5.57 Å². The minimum Gasteiger partial charge on any atom is -0.550 e. The van der Waals surface area contributed by atoms with Crippen molar-refractivity contribution in [3.05, 3.63) is 12.2 Å². The average Bonchev–Trinajstić information content (AvgIpc) is 3.36. The molecule has 5 rings (SSSR count). The number of ether oxygens (including phenoxy) is 2. The van der Waals surface area contributed by atoms with Crippen molar-refractivity contribution in [2.24, 2.45) is 56.7 Å². The predicted octanol–water partition coefficient (Wildman–Crippen LogP) is 5.16. The highest BCUT2D eigenvalue weighted by atomic mass is 16.5. The van der Waals surface area contributed by atoms with E-state index in [0.717, 1.165) is 64.2 Å². The Bertz CT molecular complexity index is 1250. The molecule has 8 nitrogen and oxygen atoms in total. The third kappa shape index (κ3) is 5.61. The summed E-state index contributed by atoms with van der Waals surface area (Å²) in [5, 5.41) is 21.8. The zero-order valence-corrected chi connectivity index (χ0v) is 29.0. The van der Waals surface area contributed by atoms with Crippen molar-refractivity contribution >= 4 is 23.9 Å². The van der Waals surface area contributed by atoms with Crippen LogP contribution in [0.3, 0.4) is 0 Å². The van der Waals surface area contributed by atoms with Gasteiger partial charge in [-0.1, -0.05) is 46.8 Å². The summed E-state index contributed by atoms with van der Waals surface area (Å²) in [5.74, 6) is -1.17. The number of rotatable bonds is 10. The lowest BCUT2D eigenvalue weighted by Crippen LogP contribution is -2.67. The molecule has 0 bridgehead atoms. The van der Waals surface area contributed by atoms with Gasteiger partial charge in [0.25, 0.3) is 0 Å². The topological polar surface area (TPSA) is 133 Å². The Balaban J connectivity index is 1.38. The lowest BCUT2D eigenvalue weighted by Gasteiger charge is -2.73. The Hall–Kier alpha value is -2.38. The second kappa shape index (κ2) is 12.3. The van der Waals surface area contributed by atoms with Gasteiger partial charge in [-0.3, -0.25) is 9.59 Å². The minimum absolute atomic E-state index is 0.101. The summed E-state index contributed by atoms with van der Waals surface area (Å²) >= 11 is 0. The first-order valence-electron chi connectivity index (χ1n) is 17.8. The van der Waals surface area contributed by atoms with Crippen LogP contribution in [0, 0.1) is 56.7 Å². The molecule has 5 fully saturated rings. The van der Waals surface area contributed by atoms with Gasteiger partial charge in [-0.15, -0.1) is 0 Å². The van der Waals surface area contributed by atoms with Crippen LogP contribution in [0.4, 0.5) is 0 Å². The minimum atomic E-state index is -1.23. The lowest BCUT2D eigenvalue weighted by atomic mass is 9.32. The molecule has 0 spiro atoms. The number of hydrogen-bond donors (Lipinski definition) is 0. The molecule has 5 saturated carbocycles. The van der Waals surface area contributed by atoms with E-state index in [2.05, 4.69) is 48.1 Å². The maximum Gasteiger partial charge on any atom is 0.306 e. The van der Waals surface area contributed by atoms with Crippen LogP contribution in [0.2, 0.25) is 0 Å². The van der Waals surface area contributed by atoms with Crippen molar-refractivity contribution in [2.45, 2.75) is 138 Å². The van der Waals surface area contributed by atoms with E-state index in [0.29, 0.717) is 36.2 Å². The van der Waals surface area contributed by atoms with E-state index in [9.17, 15) is 29.4 Å². The second-order valence-corrected chi connectivity index (χ2v) is 17.3. The monoisotopic (exact) mass is 640 g/mol. The van der Waals surface area contributed by atoms with Crippen LogP contribution in [0.1, 0.15) is 131 Å². The molecule has 5 aliphatic carbocycles. The molecule has 0 saturated heterocycles. The van der Waals surface area contributed by atoms with Crippen LogP contribution >= 0.6 is 0 Å². The van der Waals surface area contributed by atoms with Crippen LogP contribution < -0.4 is 10.2 Å². The zero-order valence-electron chi connectivity index (χ0n) is 29.0. The van der Waals surface area contributed by atoms with Gasteiger partial charge < -0.3 is 29.3 Å². The van der Waals surface area contributed by atoms with Crippen LogP contribution in [-0.2, 0) is 28.7 Å². The zero-order chi connectivity index (χ0) is 33.9. The molecule has 0 aromatic carbocycles. The Morgan fingerprint density at radius 2 is 1.37 bits per heavy atom. The van der Waals surface area contributed by atoms with E-state index < -0.39 is 23.9 Å². The molecule has 0 amide bonds. The smallest absolute Gasteiger partial charge is 0.306 e. The molecular weight excluding hydrogens is 584 g/mol. The molecule has 0 aromatic rings. The number of carbonyl (C=O) groups excluding carboxylic acids is 4. The van der Waals surface area contributed by atoms with E-state index in [-0.39, 0.29) is 58.9 Å². The third-order valence-corrected chi connectivity index (χ3v) is 15.0. The van der Waals surface area contributed by atoms with Gasteiger partial charge in [0.05, 0.1) is 19.4 Å². The molecule has 0 unspecified atom stereocenters. The fourth-order valence-corrected chi connectivity index (χ4v) is 12.6. The highest BCUT2D eigenvalue weighted by Crippen LogP contribution is 2.77. The molecule has 258 valence electrons. The largest absolute Gasteiger partial charge is 0.550 e. The molecule has 5 aliphatic rings. The molecule has 0 heterocycles. The number of carboxylic acids is 2. The number of carbonyl (C=O) groups is 4. The van der Waals surface area contributed by atoms with E-state index >= 15 is 0 Å². The first-order valence-corrected chi connectivity index (χ1v) is 17.8. The number of aliphatic carboxylic acids is 2. The summed E-state index contributed by atoms with van der Waals surface area (Å²) in [6.45, 7) is 19.1. The molecule has 0 aromatic heterocycles. The fourth-order valence-electron chi connectivity index (χ4n) is 12.6. The predicted molar refractivity (Wildman–Crippen MR) is 168 cm³/mol. The number of esters is 2. The maximum absolute atomic E-state index is 12.6. The fraction of sp³-hybridized carbons (Fsp3) is 0.842. The van der Waals surface area contributed by atoms with Gasteiger partial charge >= 0.3 is 11.9 Å². The Labute approximate surface area is 275 Å². The van der Waals surface area contributed by atoms with Gasteiger partial charge in [-0.05, 0) is 130 Å². The number of hydrogen-bond acceptors (Lipinski definition) is 8. The van der Waals surface area contributed by atoms with Gasteiger partial charge in [-0.25, -0.2) is 0 Å². The van der Waals surface area contributed by atoms with Gasteiger partial charge in [0.1, 0.15) is 6.10 Å². The van der Waals surface area contributed by atoms with Crippen LogP contribution in [0.15, 0.2) is 12.2 Å². The Morgan fingerprint density at radius 1 is 0.717 bits per heavy atom. The Kier molecular flexibility index (Phi) is 9.31. The van der Waals surface area contributed by atoms with E-state index in [1.807, 2.05) is 0 Å². The van der Waals surface area contributed by atoms with Gasteiger partial charge in [-0.2, -0.15) is 0 Å². The third-order valence-electron chi connectivity index (χ3n) is 15.0. The van der Waals surface area contributed by atoms with Crippen LogP contribution in [-0.4, -0.2) is 36.6 Å². The summed E-state index contributed by atoms with van der Waals surface area (Å²) in [7, 11) is 0. The molecular formula is C38H56O8-2. The maximum atomic E-state index is 12.6. The van der Waals surface area contributed by atoms with Crippen molar-refractivity contribution in [1.29, 1.82) is 0 Å². The van der Waals surface area contributed by atoms with Crippen LogP contribution in [0.5, 0.6) is 0 Å². The van der Waals surface area contributed by atoms with Crippen molar-refractivity contribution < 1.29 is 38.9 Å². The average molecular weight is 641 g/mol. The molecule has 0 aliphatic heterocycles. The standard InChI is InChI=1S/C38H58O8/c1-23(2)24-14-19-38(22-45-31(43)12-10-29(39)40)21-20-36(6)25(33(24)38)8-9-27-35(5)17-16-28(46-32(44)13-11-30(41)42)34(3,4)26(35)15-18-37(27,36)7/h24-28,33H,1,8-22H2,2-7H3,(H,39,40)(H,41,42)/p-2/t24-,25-,26-,27+,28-,33-,35+,36+,37-,38-/m0/s1. The quantitative estimate of drug-likeness (QED) is 0.236. The first-order chi connectivity index (χ1) is 21.4. The van der Waals surface area contributed by atoms with Crippen molar-refractivity contribution in [1.82, 2.24) is 0 Å². The molecule has 8 heteroatoms. The number of allylic oxidation sites excluding steroid dienone is 1. The van der Waals surface area contributed by atoms with Gasteiger partial charge in [0.2, 0.25) is 0 Å². The second-order valence-electron chi connectivity index (χ2n) is 17.3. The molecule has 0 N–H and O–H groups in total. The first kappa shape index (κ1) is 34.9. The number of carboxylic acid groups (broad SMARTS) is 2.